The molecule has 0 aromatic heterocycles. The van der Waals surface area contributed by atoms with Crippen molar-refractivity contribution in [1.82, 2.24) is 5.32 Å². The quantitative estimate of drug-likeness (QED) is 0.550. The number of ether oxygens (including phenoxy) is 1. The van der Waals surface area contributed by atoms with Crippen molar-refractivity contribution < 1.29 is 4.74 Å². The Morgan fingerprint density at radius 2 is 1.87 bits per heavy atom. The summed E-state index contributed by atoms with van der Waals surface area (Å²) in [5, 5.41) is 3.35. The van der Waals surface area contributed by atoms with Gasteiger partial charge in [-0.2, -0.15) is 12.6 Å². The van der Waals surface area contributed by atoms with Crippen LogP contribution in [-0.2, 0) is 4.74 Å². The van der Waals surface area contributed by atoms with Crippen molar-refractivity contribution in [3.63, 3.8) is 0 Å². The van der Waals surface area contributed by atoms with Crippen LogP contribution in [0.3, 0.4) is 0 Å². The van der Waals surface area contributed by atoms with Gasteiger partial charge in [0.15, 0.2) is 0 Å². The number of hydrogen-bond acceptors (Lipinski definition) is 3. The fourth-order valence-corrected chi connectivity index (χ4v) is 2.59. The van der Waals surface area contributed by atoms with Crippen LogP contribution in [0.4, 0.5) is 0 Å². The van der Waals surface area contributed by atoms with Crippen LogP contribution in [0.2, 0.25) is 0 Å². The molecule has 2 atom stereocenters. The van der Waals surface area contributed by atoms with E-state index < -0.39 is 5.50 Å². The van der Waals surface area contributed by atoms with Crippen molar-refractivity contribution in [2.45, 2.75) is 37.9 Å². The fraction of sp³-hybridized carbons (Fsp3) is 1.00. The van der Waals surface area contributed by atoms with E-state index in [-0.39, 0.29) is 10.7 Å². The zero-order valence-corrected chi connectivity index (χ0v) is 11.1. The molecule has 1 saturated heterocycles. The Hall–Kier alpha value is 0.335. The molecule has 0 amide bonds. The molecular formula is C11H22BNOS. The highest BCUT2D eigenvalue weighted by atomic mass is 32.1. The van der Waals surface area contributed by atoms with Gasteiger partial charge in [-0.25, -0.2) is 0 Å². The van der Waals surface area contributed by atoms with Gasteiger partial charge in [-0.05, 0) is 11.8 Å². The van der Waals surface area contributed by atoms with E-state index in [4.69, 9.17) is 25.2 Å². The van der Waals surface area contributed by atoms with Gasteiger partial charge in [0.1, 0.15) is 7.85 Å². The highest BCUT2D eigenvalue weighted by Crippen LogP contribution is 2.41. The first-order valence-corrected chi connectivity index (χ1v) is 6.15. The number of hydrogen-bond donors (Lipinski definition) is 2. The molecule has 0 aromatic rings. The molecule has 1 N–H and O–H groups in total. The molecule has 1 heterocycles. The van der Waals surface area contributed by atoms with E-state index in [2.05, 4.69) is 33.0 Å². The van der Waals surface area contributed by atoms with Crippen LogP contribution in [0.15, 0.2) is 0 Å². The van der Waals surface area contributed by atoms with Gasteiger partial charge in [0.05, 0.1) is 6.61 Å². The summed E-state index contributed by atoms with van der Waals surface area (Å²) in [6.07, 6.45) is 0. The van der Waals surface area contributed by atoms with E-state index in [9.17, 15) is 0 Å². The summed E-state index contributed by atoms with van der Waals surface area (Å²) in [4.78, 5) is 0. The highest BCUT2D eigenvalue weighted by molar-refractivity contribution is 7.82. The Kier molecular flexibility index (Phi) is 4.18. The summed E-state index contributed by atoms with van der Waals surface area (Å²) in [6.45, 7) is 10.8. The van der Waals surface area contributed by atoms with E-state index in [1.54, 1.807) is 0 Å². The Morgan fingerprint density at radius 3 is 2.33 bits per heavy atom. The first kappa shape index (κ1) is 13.4. The molecule has 1 aliphatic heterocycles. The molecule has 0 saturated carbocycles. The summed E-state index contributed by atoms with van der Waals surface area (Å²) in [5.74, 6) is 0.608. The fourth-order valence-electron chi connectivity index (χ4n) is 2.16. The molecule has 0 aliphatic carbocycles. The summed E-state index contributed by atoms with van der Waals surface area (Å²) >= 11 is 4.82. The molecule has 1 unspecified atom stereocenters. The lowest BCUT2D eigenvalue weighted by Gasteiger charge is -2.50. The second-order valence-electron chi connectivity index (χ2n) is 5.05. The summed E-state index contributed by atoms with van der Waals surface area (Å²) in [7, 11) is 6.44. The first-order valence-electron chi connectivity index (χ1n) is 5.70. The van der Waals surface area contributed by atoms with Crippen LogP contribution in [0.5, 0.6) is 0 Å². The van der Waals surface area contributed by atoms with Crippen LogP contribution in [0, 0.1) is 11.8 Å². The van der Waals surface area contributed by atoms with Gasteiger partial charge in [-0.1, -0.05) is 27.7 Å². The molecule has 15 heavy (non-hydrogen) atoms. The zero-order chi connectivity index (χ0) is 11.7. The van der Waals surface area contributed by atoms with Gasteiger partial charge in [-0.3, -0.25) is 0 Å². The predicted octanol–water partition coefficient (Wildman–Crippen LogP) is 1.45. The lowest BCUT2D eigenvalue weighted by molar-refractivity contribution is -0.0359. The number of nitrogens with one attached hydrogen (secondary N) is 1. The average Bonchev–Trinajstić information content (AvgIpc) is 2.29. The monoisotopic (exact) mass is 227 g/mol. The largest absolute Gasteiger partial charge is 0.382 e. The maximum Gasteiger partial charge on any atom is 0.116 e. The van der Waals surface area contributed by atoms with Crippen LogP contribution >= 0.6 is 12.6 Å². The first-order chi connectivity index (χ1) is 6.84. The van der Waals surface area contributed by atoms with E-state index in [0.29, 0.717) is 12.5 Å². The Morgan fingerprint density at radius 1 is 1.27 bits per heavy atom. The van der Waals surface area contributed by atoms with Crippen molar-refractivity contribution in [2.75, 3.05) is 19.7 Å². The summed E-state index contributed by atoms with van der Waals surface area (Å²) in [6, 6.07) is 0. The molecule has 2 nitrogen and oxygen atoms in total. The molecular weight excluding hydrogens is 205 g/mol. The van der Waals surface area contributed by atoms with E-state index >= 15 is 0 Å². The minimum absolute atomic E-state index is 0.248. The minimum atomic E-state index is -0.659. The van der Waals surface area contributed by atoms with E-state index in [1.165, 1.54) is 0 Å². The van der Waals surface area contributed by atoms with Crippen molar-refractivity contribution in [3.8, 4) is 0 Å². The second kappa shape index (κ2) is 4.68. The van der Waals surface area contributed by atoms with Gasteiger partial charge >= 0.3 is 0 Å². The molecule has 86 valence electrons. The second-order valence-corrected chi connectivity index (χ2v) is 5.85. The third-order valence-corrected chi connectivity index (χ3v) is 4.53. The van der Waals surface area contributed by atoms with Crippen LogP contribution in [0.1, 0.15) is 27.7 Å². The maximum absolute atomic E-state index is 6.44. The van der Waals surface area contributed by atoms with Gasteiger partial charge in [0.25, 0.3) is 0 Å². The summed E-state index contributed by atoms with van der Waals surface area (Å²) in [5.41, 5.74) is -0.659. The molecule has 2 radical (unpaired) electrons. The Balaban J connectivity index is 3.05. The third kappa shape index (κ3) is 2.22. The number of thiol groups is 1. The molecule has 1 fully saturated rings. The van der Waals surface area contributed by atoms with E-state index in [0.717, 1.165) is 13.1 Å². The van der Waals surface area contributed by atoms with Crippen LogP contribution < -0.4 is 5.32 Å². The predicted molar refractivity (Wildman–Crippen MR) is 68.7 cm³/mol. The van der Waals surface area contributed by atoms with Crippen LogP contribution in [-0.4, -0.2) is 37.8 Å². The van der Waals surface area contributed by atoms with Crippen molar-refractivity contribution in [1.29, 1.82) is 0 Å². The summed E-state index contributed by atoms with van der Waals surface area (Å²) < 4.78 is 5.55. The molecule has 0 bridgehead atoms. The Bertz CT molecular complexity index is 203. The van der Waals surface area contributed by atoms with Crippen molar-refractivity contribution >= 4 is 20.5 Å². The SMILES string of the molecule is [B][C@@]1(C(C)C)OCCNCC1(S)C(C)C. The van der Waals surface area contributed by atoms with Crippen LogP contribution in [0.25, 0.3) is 0 Å². The zero-order valence-electron chi connectivity index (χ0n) is 10.2. The number of rotatable bonds is 2. The highest BCUT2D eigenvalue weighted by Gasteiger charge is 2.50. The topological polar surface area (TPSA) is 21.3 Å². The lowest BCUT2D eigenvalue weighted by Crippen LogP contribution is -2.61. The third-order valence-electron chi connectivity index (χ3n) is 3.50. The molecule has 4 heteroatoms. The van der Waals surface area contributed by atoms with Gasteiger partial charge < -0.3 is 10.1 Å². The normalized spacial score (nSPS) is 38.3. The standard InChI is InChI=1S/C11H22BNOS/c1-8(2)10(15)7-13-5-6-14-11(10,12)9(3)4/h8-9,13,15H,5-7H2,1-4H3/t10?,11-/m0/s1. The van der Waals surface area contributed by atoms with Gasteiger partial charge in [0.2, 0.25) is 0 Å². The van der Waals surface area contributed by atoms with Gasteiger partial charge in [-0.15, -0.1) is 0 Å². The molecule has 0 spiro atoms. The minimum Gasteiger partial charge on any atom is -0.382 e. The molecule has 1 rings (SSSR count). The lowest BCUT2D eigenvalue weighted by atomic mass is 9.60. The smallest absolute Gasteiger partial charge is 0.116 e. The van der Waals surface area contributed by atoms with Gasteiger partial charge in [0, 0.05) is 23.3 Å². The van der Waals surface area contributed by atoms with Crippen molar-refractivity contribution in [3.05, 3.63) is 0 Å². The average molecular weight is 227 g/mol. The molecule has 0 aromatic carbocycles. The molecule has 1 aliphatic rings. The van der Waals surface area contributed by atoms with E-state index in [1.807, 2.05) is 0 Å². The van der Waals surface area contributed by atoms with Crippen molar-refractivity contribution in [2.24, 2.45) is 11.8 Å². The maximum atomic E-state index is 6.44. The Labute approximate surface area is 100 Å².